The minimum atomic E-state index is 0.132. The van der Waals surface area contributed by atoms with E-state index in [9.17, 15) is 4.79 Å². The van der Waals surface area contributed by atoms with Crippen LogP contribution in [0.5, 0.6) is 0 Å². The molecule has 2 fully saturated rings. The highest BCUT2D eigenvalue weighted by molar-refractivity contribution is 5.79. The van der Waals surface area contributed by atoms with Crippen LogP contribution in [0.2, 0.25) is 0 Å². The Balaban J connectivity index is 1.51. The number of aromatic nitrogens is 1. The molecule has 0 spiro atoms. The van der Waals surface area contributed by atoms with Crippen molar-refractivity contribution >= 4 is 11.7 Å². The minimum absolute atomic E-state index is 0.132. The van der Waals surface area contributed by atoms with Gasteiger partial charge < -0.3 is 15.0 Å². The summed E-state index contributed by atoms with van der Waals surface area (Å²) in [7, 11) is 0. The van der Waals surface area contributed by atoms with Crippen LogP contribution in [0.4, 0.5) is 5.82 Å². The lowest BCUT2D eigenvalue weighted by Gasteiger charge is -2.23. The SMILES string of the molecule is O=C(NC1CCN(c2ccccn2)C1)C1CCOCC1. The van der Waals surface area contributed by atoms with Crippen LogP contribution in [-0.4, -0.2) is 43.2 Å². The molecule has 5 nitrogen and oxygen atoms in total. The summed E-state index contributed by atoms with van der Waals surface area (Å²) in [6.45, 7) is 3.23. The van der Waals surface area contributed by atoms with E-state index in [2.05, 4.69) is 15.2 Å². The number of carbonyl (C=O) groups excluding carboxylic acids is 1. The van der Waals surface area contributed by atoms with Crippen molar-refractivity contribution in [2.75, 3.05) is 31.2 Å². The topological polar surface area (TPSA) is 54.5 Å². The summed E-state index contributed by atoms with van der Waals surface area (Å²) in [6, 6.07) is 6.18. The average Bonchev–Trinajstić information content (AvgIpc) is 2.97. The molecule has 1 amide bonds. The van der Waals surface area contributed by atoms with E-state index in [1.54, 1.807) is 0 Å². The van der Waals surface area contributed by atoms with Gasteiger partial charge in [-0.25, -0.2) is 4.98 Å². The summed E-state index contributed by atoms with van der Waals surface area (Å²) < 4.78 is 5.30. The van der Waals surface area contributed by atoms with Crippen LogP contribution in [0.1, 0.15) is 19.3 Å². The smallest absolute Gasteiger partial charge is 0.223 e. The first-order valence-electron chi connectivity index (χ1n) is 7.37. The van der Waals surface area contributed by atoms with Gasteiger partial charge in [0.2, 0.25) is 5.91 Å². The van der Waals surface area contributed by atoms with E-state index in [1.807, 2.05) is 24.4 Å². The molecule has 0 bridgehead atoms. The maximum Gasteiger partial charge on any atom is 0.223 e. The van der Waals surface area contributed by atoms with Gasteiger partial charge in [-0.3, -0.25) is 4.79 Å². The molecule has 0 aliphatic carbocycles. The Kier molecular flexibility index (Phi) is 4.16. The third-order valence-corrected chi connectivity index (χ3v) is 4.10. The monoisotopic (exact) mass is 275 g/mol. The number of amides is 1. The Morgan fingerprint density at radius 1 is 1.30 bits per heavy atom. The number of hydrogen-bond donors (Lipinski definition) is 1. The van der Waals surface area contributed by atoms with E-state index in [0.717, 1.165) is 38.2 Å². The van der Waals surface area contributed by atoms with E-state index in [1.165, 1.54) is 0 Å². The van der Waals surface area contributed by atoms with Crippen molar-refractivity contribution in [1.82, 2.24) is 10.3 Å². The second-order valence-corrected chi connectivity index (χ2v) is 5.51. The fourth-order valence-corrected chi connectivity index (χ4v) is 2.91. The molecular weight excluding hydrogens is 254 g/mol. The van der Waals surface area contributed by atoms with Gasteiger partial charge in [0.15, 0.2) is 0 Å². The van der Waals surface area contributed by atoms with Gasteiger partial charge >= 0.3 is 0 Å². The first-order chi connectivity index (χ1) is 9.83. The van der Waals surface area contributed by atoms with E-state index in [-0.39, 0.29) is 17.9 Å². The Labute approximate surface area is 119 Å². The van der Waals surface area contributed by atoms with Gasteiger partial charge in [0.05, 0.1) is 0 Å². The first-order valence-corrected chi connectivity index (χ1v) is 7.37. The predicted molar refractivity (Wildman–Crippen MR) is 76.5 cm³/mol. The van der Waals surface area contributed by atoms with Crippen molar-refractivity contribution in [3.63, 3.8) is 0 Å². The Bertz CT molecular complexity index is 446. The molecule has 5 heteroatoms. The largest absolute Gasteiger partial charge is 0.381 e. The molecule has 2 aliphatic heterocycles. The van der Waals surface area contributed by atoms with Gasteiger partial charge in [-0.2, -0.15) is 0 Å². The molecule has 1 N–H and O–H groups in total. The van der Waals surface area contributed by atoms with Crippen LogP contribution in [0.15, 0.2) is 24.4 Å². The lowest BCUT2D eigenvalue weighted by Crippen LogP contribution is -2.42. The molecule has 108 valence electrons. The van der Waals surface area contributed by atoms with Gasteiger partial charge in [-0.05, 0) is 31.4 Å². The number of nitrogens with zero attached hydrogens (tertiary/aromatic N) is 2. The number of carbonyl (C=O) groups is 1. The molecule has 2 saturated heterocycles. The van der Waals surface area contributed by atoms with Crippen molar-refractivity contribution < 1.29 is 9.53 Å². The zero-order chi connectivity index (χ0) is 13.8. The normalized spacial score (nSPS) is 23.8. The molecule has 3 rings (SSSR count). The number of pyridine rings is 1. The second-order valence-electron chi connectivity index (χ2n) is 5.51. The molecule has 1 unspecified atom stereocenters. The third-order valence-electron chi connectivity index (χ3n) is 4.10. The fourth-order valence-electron chi connectivity index (χ4n) is 2.91. The highest BCUT2D eigenvalue weighted by atomic mass is 16.5. The number of rotatable bonds is 3. The third kappa shape index (κ3) is 3.10. The van der Waals surface area contributed by atoms with Crippen LogP contribution in [-0.2, 0) is 9.53 Å². The predicted octanol–water partition coefficient (Wildman–Crippen LogP) is 1.20. The first kappa shape index (κ1) is 13.4. The van der Waals surface area contributed by atoms with E-state index in [4.69, 9.17) is 4.74 Å². The molecule has 1 aromatic rings. The Morgan fingerprint density at radius 3 is 2.90 bits per heavy atom. The van der Waals surface area contributed by atoms with E-state index >= 15 is 0 Å². The molecule has 2 aliphatic rings. The molecule has 3 heterocycles. The van der Waals surface area contributed by atoms with E-state index in [0.29, 0.717) is 13.2 Å². The molecule has 1 aromatic heterocycles. The van der Waals surface area contributed by atoms with Gasteiger partial charge in [0.1, 0.15) is 5.82 Å². The lowest BCUT2D eigenvalue weighted by atomic mass is 9.99. The molecule has 0 saturated carbocycles. The molecular formula is C15H21N3O2. The van der Waals surface area contributed by atoms with Crippen LogP contribution < -0.4 is 10.2 Å². The number of nitrogens with one attached hydrogen (secondary N) is 1. The summed E-state index contributed by atoms with van der Waals surface area (Å²) >= 11 is 0. The molecule has 0 radical (unpaired) electrons. The summed E-state index contributed by atoms with van der Waals surface area (Å²) in [4.78, 5) is 18.8. The summed E-state index contributed by atoms with van der Waals surface area (Å²) in [5.74, 6) is 1.32. The number of ether oxygens (including phenoxy) is 1. The summed E-state index contributed by atoms with van der Waals surface area (Å²) in [5, 5.41) is 3.18. The quantitative estimate of drug-likeness (QED) is 0.900. The number of anilines is 1. The van der Waals surface area contributed by atoms with Gasteiger partial charge in [-0.1, -0.05) is 6.07 Å². The van der Waals surface area contributed by atoms with Crippen LogP contribution >= 0.6 is 0 Å². The van der Waals surface area contributed by atoms with Gasteiger partial charge in [-0.15, -0.1) is 0 Å². The lowest BCUT2D eigenvalue weighted by molar-refractivity contribution is -0.128. The Morgan fingerprint density at radius 2 is 2.15 bits per heavy atom. The zero-order valence-corrected chi connectivity index (χ0v) is 11.6. The summed E-state index contributed by atoms with van der Waals surface area (Å²) in [6.07, 6.45) is 4.50. The minimum Gasteiger partial charge on any atom is -0.381 e. The summed E-state index contributed by atoms with van der Waals surface area (Å²) in [5.41, 5.74) is 0. The van der Waals surface area contributed by atoms with Crippen molar-refractivity contribution in [3.05, 3.63) is 24.4 Å². The Hall–Kier alpha value is -1.62. The number of hydrogen-bond acceptors (Lipinski definition) is 4. The van der Waals surface area contributed by atoms with E-state index < -0.39 is 0 Å². The standard InChI is InChI=1S/C15H21N3O2/c19-15(12-5-9-20-10-6-12)17-13-4-8-18(11-13)14-3-1-2-7-16-14/h1-3,7,12-13H,4-6,8-11H2,(H,17,19). The van der Waals surface area contributed by atoms with Crippen molar-refractivity contribution in [1.29, 1.82) is 0 Å². The van der Waals surface area contributed by atoms with Crippen LogP contribution in [0.25, 0.3) is 0 Å². The fraction of sp³-hybridized carbons (Fsp3) is 0.600. The average molecular weight is 275 g/mol. The molecule has 20 heavy (non-hydrogen) atoms. The molecule has 0 aromatic carbocycles. The maximum atomic E-state index is 12.2. The van der Waals surface area contributed by atoms with Gasteiger partial charge in [0.25, 0.3) is 0 Å². The van der Waals surface area contributed by atoms with Crippen LogP contribution in [0.3, 0.4) is 0 Å². The zero-order valence-electron chi connectivity index (χ0n) is 11.6. The van der Waals surface area contributed by atoms with Gasteiger partial charge in [0, 0.05) is 44.5 Å². The van der Waals surface area contributed by atoms with Crippen molar-refractivity contribution in [2.24, 2.45) is 5.92 Å². The highest BCUT2D eigenvalue weighted by Gasteiger charge is 2.28. The second kappa shape index (κ2) is 6.22. The molecule has 1 atom stereocenters. The van der Waals surface area contributed by atoms with Crippen molar-refractivity contribution in [2.45, 2.75) is 25.3 Å². The van der Waals surface area contributed by atoms with Crippen LogP contribution in [0, 0.1) is 5.92 Å². The van der Waals surface area contributed by atoms with Crippen molar-refractivity contribution in [3.8, 4) is 0 Å². The highest BCUT2D eigenvalue weighted by Crippen LogP contribution is 2.19. The maximum absolute atomic E-state index is 12.2.